The maximum atomic E-state index is 12.2. The second-order valence-corrected chi connectivity index (χ2v) is 5.57. The van der Waals surface area contributed by atoms with Crippen LogP contribution in [0.15, 0.2) is 30.3 Å². The van der Waals surface area contributed by atoms with Crippen LogP contribution >= 0.6 is 0 Å². The fourth-order valence-electron chi connectivity index (χ4n) is 1.87. The molecule has 0 aliphatic heterocycles. The van der Waals surface area contributed by atoms with E-state index in [1.54, 1.807) is 17.9 Å². The molecule has 1 atom stereocenters. The van der Waals surface area contributed by atoms with E-state index < -0.39 is 11.9 Å². The van der Waals surface area contributed by atoms with Gasteiger partial charge >= 0.3 is 5.97 Å². The van der Waals surface area contributed by atoms with Crippen LogP contribution in [0.5, 0.6) is 0 Å². The first-order valence-electron chi connectivity index (χ1n) is 7.09. The van der Waals surface area contributed by atoms with Gasteiger partial charge in [-0.25, -0.2) is 0 Å². The Morgan fingerprint density at radius 2 is 1.76 bits per heavy atom. The SMILES string of the molecule is Cc1ccc(/C=C/C(=O)N(CC(C)C(=O)O)C(C)C)cc1. The van der Waals surface area contributed by atoms with E-state index in [1.807, 2.05) is 45.0 Å². The first-order chi connectivity index (χ1) is 9.81. The molecule has 0 fully saturated rings. The van der Waals surface area contributed by atoms with Crippen molar-refractivity contribution >= 4 is 18.0 Å². The number of carbonyl (C=O) groups excluding carboxylic acids is 1. The van der Waals surface area contributed by atoms with Crippen LogP contribution in [0.25, 0.3) is 6.08 Å². The van der Waals surface area contributed by atoms with Crippen molar-refractivity contribution in [1.82, 2.24) is 4.90 Å². The van der Waals surface area contributed by atoms with Gasteiger partial charge in [-0.2, -0.15) is 0 Å². The maximum absolute atomic E-state index is 12.2. The second kappa shape index (κ2) is 7.62. The molecule has 0 heterocycles. The zero-order chi connectivity index (χ0) is 16.0. The molecule has 0 spiro atoms. The summed E-state index contributed by atoms with van der Waals surface area (Å²) >= 11 is 0. The molecule has 1 aromatic rings. The summed E-state index contributed by atoms with van der Waals surface area (Å²) in [4.78, 5) is 24.7. The lowest BCUT2D eigenvalue weighted by Gasteiger charge is -2.27. The van der Waals surface area contributed by atoms with E-state index in [-0.39, 0.29) is 18.5 Å². The van der Waals surface area contributed by atoms with Gasteiger partial charge in [0.15, 0.2) is 0 Å². The van der Waals surface area contributed by atoms with Gasteiger partial charge in [0.2, 0.25) is 5.91 Å². The lowest BCUT2D eigenvalue weighted by Crippen LogP contribution is -2.40. The van der Waals surface area contributed by atoms with Crippen molar-refractivity contribution in [3.63, 3.8) is 0 Å². The molecule has 4 heteroatoms. The lowest BCUT2D eigenvalue weighted by atomic mass is 10.1. The Hall–Kier alpha value is -2.10. The predicted molar refractivity (Wildman–Crippen MR) is 83.9 cm³/mol. The Balaban J connectivity index is 2.77. The Labute approximate surface area is 126 Å². The smallest absolute Gasteiger partial charge is 0.308 e. The average Bonchev–Trinajstić information content (AvgIpc) is 2.43. The fraction of sp³-hybridized carbons (Fsp3) is 0.412. The number of carbonyl (C=O) groups is 2. The zero-order valence-electron chi connectivity index (χ0n) is 13.0. The first kappa shape index (κ1) is 17.0. The van der Waals surface area contributed by atoms with Gasteiger partial charge in [0, 0.05) is 18.7 Å². The molecular formula is C17H23NO3. The number of rotatable bonds is 6. The Morgan fingerprint density at radius 1 is 1.19 bits per heavy atom. The first-order valence-corrected chi connectivity index (χ1v) is 7.09. The summed E-state index contributed by atoms with van der Waals surface area (Å²) in [6, 6.07) is 7.81. The third kappa shape index (κ3) is 5.42. The van der Waals surface area contributed by atoms with Gasteiger partial charge in [-0.15, -0.1) is 0 Å². The largest absolute Gasteiger partial charge is 0.481 e. The minimum atomic E-state index is -0.893. The number of aryl methyl sites for hydroxylation is 1. The van der Waals surface area contributed by atoms with Crippen LogP contribution in [0.1, 0.15) is 31.9 Å². The molecule has 0 bridgehead atoms. The number of aliphatic carboxylic acids is 1. The van der Waals surface area contributed by atoms with Crippen LogP contribution in [0, 0.1) is 12.8 Å². The van der Waals surface area contributed by atoms with E-state index in [0.717, 1.165) is 11.1 Å². The van der Waals surface area contributed by atoms with Crippen molar-refractivity contribution in [1.29, 1.82) is 0 Å². The van der Waals surface area contributed by atoms with Crippen LogP contribution < -0.4 is 0 Å². The molecule has 1 amide bonds. The molecular weight excluding hydrogens is 266 g/mol. The van der Waals surface area contributed by atoms with E-state index in [1.165, 1.54) is 6.08 Å². The minimum Gasteiger partial charge on any atom is -0.481 e. The van der Waals surface area contributed by atoms with Crippen molar-refractivity contribution in [2.24, 2.45) is 5.92 Å². The van der Waals surface area contributed by atoms with Gasteiger partial charge in [-0.1, -0.05) is 36.8 Å². The molecule has 114 valence electrons. The van der Waals surface area contributed by atoms with Crippen molar-refractivity contribution < 1.29 is 14.7 Å². The van der Waals surface area contributed by atoms with Crippen molar-refractivity contribution in [2.45, 2.75) is 33.7 Å². The highest BCUT2D eigenvalue weighted by atomic mass is 16.4. The van der Waals surface area contributed by atoms with Crippen molar-refractivity contribution in [2.75, 3.05) is 6.54 Å². The van der Waals surface area contributed by atoms with Gasteiger partial charge in [0.1, 0.15) is 0 Å². The molecule has 1 rings (SSSR count). The van der Waals surface area contributed by atoms with Crippen LogP contribution in [-0.2, 0) is 9.59 Å². The maximum Gasteiger partial charge on any atom is 0.308 e. The molecule has 0 aliphatic rings. The van der Waals surface area contributed by atoms with Gasteiger partial charge in [-0.3, -0.25) is 9.59 Å². The highest BCUT2D eigenvalue weighted by molar-refractivity contribution is 5.92. The molecule has 1 aromatic carbocycles. The minimum absolute atomic E-state index is 0.0398. The monoisotopic (exact) mass is 289 g/mol. The summed E-state index contributed by atoms with van der Waals surface area (Å²) in [7, 11) is 0. The number of carboxylic acid groups (broad SMARTS) is 1. The van der Waals surface area contributed by atoms with Crippen molar-refractivity contribution in [3.05, 3.63) is 41.5 Å². The summed E-state index contributed by atoms with van der Waals surface area (Å²) in [6.45, 7) is 7.59. The van der Waals surface area contributed by atoms with Gasteiger partial charge in [-0.05, 0) is 32.4 Å². The molecule has 4 nitrogen and oxygen atoms in total. The summed E-state index contributed by atoms with van der Waals surface area (Å²) in [5.74, 6) is -1.64. The second-order valence-electron chi connectivity index (χ2n) is 5.57. The fourth-order valence-corrected chi connectivity index (χ4v) is 1.87. The Kier molecular flexibility index (Phi) is 6.15. The van der Waals surface area contributed by atoms with Gasteiger partial charge in [0.25, 0.3) is 0 Å². The van der Waals surface area contributed by atoms with Crippen LogP contribution in [0.2, 0.25) is 0 Å². The van der Waals surface area contributed by atoms with E-state index in [2.05, 4.69) is 0 Å². The van der Waals surface area contributed by atoms with Crippen LogP contribution in [0.4, 0.5) is 0 Å². The Bertz CT molecular complexity index is 517. The summed E-state index contributed by atoms with van der Waals surface area (Å²) < 4.78 is 0. The topological polar surface area (TPSA) is 57.6 Å². The van der Waals surface area contributed by atoms with Gasteiger partial charge < -0.3 is 10.0 Å². The Morgan fingerprint density at radius 3 is 2.24 bits per heavy atom. The quantitative estimate of drug-likeness (QED) is 0.819. The van der Waals surface area contributed by atoms with E-state index in [4.69, 9.17) is 5.11 Å². The average molecular weight is 289 g/mol. The highest BCUT2D eigenvalue weighted by Crippen LogP contribution is 2.09. The highest BCUT2D eigenvalue weighted by Gasteiger charge is 2.21. The molecule has 1 N–H and O–H groups in total. The summed E-state index contributed by atoms with van der Waals surface area (Å²) in [5, 5.41) is 8.97. The summed E-state index contributed by atoms with van der Waals surface area (Å²) in [5.41, 5.74) is 2.11. The number of hydrogen-bond donors (Lipinski definition) is 1. The van der Waals surface area contributed by atoms with Gasteiger partial charge in [0.05, 0.1) is 5.92 Å². The number of hydrogen-bond acceptors (Lipinski definition) is 2. The van der Waals surface area contributed by atoms with Crippen LogP contribution in [-0.4, -0.2) is 34.5 Å². The number of benzene rings is 1. The number of carboxylic acids is 1. The molecule has 0 saturated heterocycles. The van der Waals surface area contributed by atoms with E-state index >= 15 is 0 Å². The van der Waals surface area contributed by atoms with Crippen LogP contribution in [0.3, 0.4) is 0 Å². The lowest BCUT2D eigenvalue weighted by molar-refractivity contribution is -0.142. The number of nitrogens with zero attached hydrogens (tertiary/aromatic N) is 1. The summed E-state index contributed by atoms with van der Waals surface area (Å²) in [6.07, 6.45) is 3.25. The third-order valence-corrected chi connectivity index (χ3v) is 3.29. The molecule has 0 aliphatic carbocycles. The third-order valence-electron chi connectivity index (χ3n) is 3.29. The molecule has 0 saturated carbocycles. The zero-order valence-corrected chi connectivity index (χ0v) is 13.0. The normalized spacial score (nSPS) is 12.6. The standard InChI is InChI=1S/C17H23NO3/c1-12(2)18(11-14(4)17(20)21)16(19)10-9-15-7-5-13(3)6-8-15/h5-10,12,14H,11H2,1-4H3,(H,20,21)/b10-9+. The molecule has 21 heavy (non-hydrogen) atoms. The predicted octanol–water partition coefficient (Wildman–Crippen LogP) is 2.97. The molecule has 0 radical (unpaired) electrons. The van der Waals surface area contributed by atoms with E-state index in [0.29, 0.717) is 0 Å². The molecule has 1 unspecified atom stereocenters. The molecule has 0 aromatic heterocycles. The van der Waals surface area contributed by atoms with E-state index in [9.17, 15) is 9.59 Å². The number of amides is 1. The van der Waals surface area contributed by atoms with Crippen molar-refractivity contribution in [3.8, 4) is 0 Å².